The highest BCUT2D eigenvalue weighted by molar-refractivity contribution is 5.71. The number of fused-ring (bicyclic) bond motifs is 1. The summed E-state index contributed by atoms with van der Waals surface area (Å²) >= 11 is 0. The largest absolute Gasteiger partial charge is 0.330 e. The molecule has 0 saturated carbocycles. The van der Waals surface area contributed by atoms with Gasteiger partial charge in [-0.1, -0.05) is 13.8 Å². The molecule has 2 rings (SSSR count). The van der Waals surface area contributed by atoms with Gasteiger partial charge in [0.2, 0.25) is 0 Å². The molecule has 0 aromatic carbocycles. The van der Waals surface area contributed by atoms with E-state index in [1.165, 1.54) is 0 Å². The molecule has 0 amide bonds. The number of nitrogens with two attached hydrogens (primary N) is 1. The molecular weight excluding hydrogens is 260 g/mol. The molecule has 21 heavy (non-hydrogen) atoms. The van der Waals surface area contributed by atoms with Crippen LogP contribution in [-0.2, 0) is 6.42 Å². The highest BCUT2D eigenvalue weighted by atomic mass is 15.1. The summed E-state index contributed by atoms with van der Waals surface area (Å²) < 4.78 is 2.27. The van der Waals surface area contributed by atoms with E-state index in [1.54, 1.807) is 0 Å². The van der Waals surface area contributed by atoms with Crippen LogP contribution in [0.2, 0.25) is 0 Å². The van der Waals surface area contributed by atoms with E-state index in [0.29, 0.717) is 17.9 Å². The molecule has 1 atom stereocenters. The van der Waals surface area contributed by atoms with Crippen LogP contribution in [0.5, 0.6) is 0 Å². The number of hydrogen-bond acceptors (Lipinski definition) is 3. The zero-order valence-electron chi connectivity index (χ0n) is 13.7. The highest BCUT2D eigenvalue weighted by Gasteiger charge is 2.17. The summed E-state index contributed by atoms with van der Waals surface area (Å²) in [5, 5.41) is 0. The second-order valence-corrected chi connectivity index (χ2v) is 6.46. The number of rotatable bonds is 7. The monoisotopic (exact) mass is 288 g/mol. The molecular formula is C17H28N4. The number of aryl methyl sites for hydroxylation is 1. The molecule has 2 aromatic heterocycles. The summed E-state index contributed by atoms with van der Waals surface area (Å²) in [6.45, 7) is 9.73. The summed E-state index contributed by atoms with van der Waals surface area (Å²) in [6, 6.07) is 4.38. The fourth-order valence-electron chi connectivity index (χ4n) is 3.04. The predicted molar refractivity (Wildman–Crippen MR) is 88.2 cm³/mol. The van der Waals surface area contributed by atoms with Crippen molar-refractivity contribution in [2.75, 3.05) is 6.54 Å². The Morgan fingerprint density at radius 3 is 2.57 bits per heavy atom. The SMILES string of the molecule is CC(C)C(CCN)CCc1nc2cccnc2n1C(C)C. The minimum atomic E-state index is 0.381. The smallest absolute Gasteiger partial charge is 0.160 e. The Morgan fingerprint density at radius 1 is 1.19 bits per heavy atom. The summed E-state index contributed by atoms with van der Waals surface area (Å²) in [4.78, 5) is 9.30. The Balaban J connectivity index is 2.23. The average Bonchev–Trinajstić information content (AvgIpc) is 2.81. The molecule has 0 aliphatic rings. The molecule has 2 aromatic rings. The average molecular weight is 288 g/mol. The van der Waals surface area contributed by atoms with Gasteiger partial charge in [-0.15, -0.1) is 0 Å². The van der Waals surface area contributed by atoms with Crippen LogP contribution >= 0.6 is 0 Å². The van der Waals surface area contributed by atoms with Gasteiger partial charge in [-0.25, -0.2) is 9.97 Å². The van der Waals surface area contributed by atoms with E-state index >= 15 is 0 Å². The van der Waals surface area contributed by atoms with Gasteiger partial charge >= 0.3 is 0 Å². The maximum absolute atomic E-state index is 5.74. The van der Waals surface area contributed by atoms with E-state index in [0.717, 1.165) is 42.8 Å². The van der Waals surface area contributed by atoms with Gasteiger partial charge in [-0.2, -0.15) is 0 Å². The van der Waals surface area contributed by atoms with Gasteiger partial charge in [0, 0.05) is 18.7 Å². The first-order chi connectivity index (χ1) is 10.0. The second kappa shape index (κ2) is 7.03. The van der Waals surface area contributed by atoms with Crippen molar-refractivity contribution in [1.29, 1.82) is 0 Å². The minimum absolute atomic E-state index is 0.381. The normalized spacial score (nSPS) is 13.5. The molecule has 0 bridgehead atoms. The lowest BCUT2D eigenvalue weighted by Gasteiger charge is -2.20. The molecule has 2 heterocycles. The van der Waals surface area contributed by atoms with Gasteiger partial charge in [0.1, 0.15) is 11.3 Å². The van der Waals surface area contributed by atoms with Crippen molar-refractivity contribution in [1.82, 2.24) is 14.5 Å². The Kier molecular flexibility index (Phi) is 5.34. The van der Waals surface area contributed by atoms with Crippen molar-refractivity contribution in [2.24, 2.45) is 17.6 Å². The van der Waals surface area contributed by atoms with Crippen LogP contribution in [-0.4, -0.2) is 21.1 Å². The molecule has 0 fully saturated rings. The molecule has 4 nitrogen and oxygen atoms in total. The summed E-state index contributed by atoms with van der Waals surface area (Å²) in [6.07, 6.45) is 5.08. The molecule has 4 heteroatoms. The van der Waals surface area contributed by atoms with Crippen molar-refractivity contribution < 1.29 is 0 Å². The van der Waals surface area contributed by atoms with Gasteiger partial charge < -0.3 is 10.3 Å². The molecule has 0 spiro atoms. The third-order valence-electron chi connectivity index (χ3n) is 4.26. The molecule has 116 valence electrons. The molecule has 0 saturated heterocycles. The lowest BCUT2D eigenvalue weighted by atomic mass is 9.88. The van der Waals surface area contributed by atoms with Gasteiger partial charge in [-0.3, -0.25) is 0 Å². The standard InChI is InChI=1S/C17H28N4/c1-12(2)14(9-10-18)7-8-16-20-15-6-5-11-19-17(15)21(16)13(3)4/h5-6,11-14H,7-10,18H2,1-4H3. The fourth-order valence-corrected chi connectivity index (χ4v) is 3.04. The van der Waals surface area contributed by atoms with Crippen molar-refractivity contribution in [3.05, 3.63) is 24.2 Å². The Bertz CT molecular complexity index is 571. The Hall–Kier alpha value is -1.42. The zero-order chi connectivity index (χ0) is 15.4. The van der Waals surface area contributed by atoms with Crippen LogP contribution in [0.4, 0.5) is 0 Å². The summed E-state index contributed by atoms with van der Waals surface area (Å²) in [5.74, 6) is 2.49. The van der Waals surface area contributed by atoms with E-state index in [9.17, 15) is 0 Å². The molecule has 1 unspecified atom stereocenters. The third kappa shape index (κ3) is 3.62. The van der Waals surface area contributed by atoms with E-state index in [4.69, 9.17) is 10.7 Å². The molecule has 0 aliphatic carbocycles. The maximum Gasteiger partial charge on any atom is 0.160 e. The number of nitrogens with zero attached hydrogens (tertiary/aromatic N) is 3. The first kappa shape index (κ1) is 16.0. The first-order valence-corrected chi connectivity index (χ1v) is 8.06. The van der Waals surface area contributed by atoms with Gasteiger partial charge in [0.05, 0.1) is 0 Å². The molecule has 0 aliphatic heterocycles. The van der Waals surface area contributed by atoms with Crippen LogP contribution < -0.4 is 5.73 Å². The van der Waals surface area contributed by atoms with E-state index in [-0.39, 0.29) is 0 Å². The van der Waals surface area contributed by atoms with Crippen LogP contribution in [0.3, 0.4) is 0 Å². The number of imidazole rings is 1. The van der Waals surface area contributed by atoms with Crippen LogP contribution in [0, 0.1) is 11.8 Å². The van der Waals surface area contributed by atoms with Crippen molar-refractivity contribution in [2.45, 2.75) is 53.0 Å². The van der Waals surface area contributed by atoms with Crippen LogP contribution in [0.15, 0.2) is 18.3 Å². The van der Waals surface area contributed by atoms with Crippen molar-refractivity contribution in [3.8, 4) is 0 Å². The zero-order valence-corrected chi connectivity index (χ0v) is 13.7. The summed E-state index contributed by atoms with van der Waals surface area (Å²) in [7, 11) is 0. The Morgan fingerprint density at radius 2 is 1.95 bits per heavy atom. The quantitative estimate of drug-likeness (QED) is 0.847. The summed E-state index contributed by atoms with van der Waals surface area (Å²) in [5.41, 5.74) is 7.75. The maximum atomic E-state index is 5.74. The van der Waals surface area contributed by atoms with Gasteiger partial charge in [0.25, 0.3) is 0 Å². The third-order valence-corrected chi connectivity index (χ3v) is 4.26. The van der Waals surface area contributed by atoms with Crippen molar-refractivity contribution in [3.63, 3.8) is 0 Å². The lowest BCUT2D eigenvalue weighted by Crippen LogP contribution is -2.16. The Labute approximate surface area is 127 Å². The predicted octanol–water partition coefficient (Wildman–Crippen LogP) is 3.57. The van der Waals surface area contributed by atoms with Crippen LogP contribution in [0.1, 0.15) is 52.4 Å². The number of aromatic nitrogens is 3. The number of pyridine rings is 1. The van der Waals surface area contributed by atoms with E-state index in [2.05, 4.69) is 37.2 Å². The van der Waals surface area contributed by atoms with Crippen molar-refractivity contribution >= 4 is 11.2 Å². The minimum Gasteiger partial charge on any atom is -0.330 e. The van der Waals surface area contributed by atoms with Crippen LogP contribution in [0.25, 0.3) is 11.2 Å². The number of hydrogen-bond donors (Lipinski definition) is 1. The molecule has 2 N–H and O–H groups in total. The second-order valence-electron chi connectivity index (χ2n) is 6.46. The van der Waals surface area contributed by atoms with E-state index < -0.39 is 0 Å². The van der Waals surface area contributed by atoms with Gasteiger partial charge in [0.15, 0.2) is 5.65 Å². The van der Waals surface area contributed by atoms with Gasteiger partial charge in [-0.05, 0) is 57.2 Å². The molecule has 0 radical (unpaired) electrons. The first-order valence-electron chi connectivity index (χ1n) is 8.06. The topological polar surface area (TPSA) is 56.7 Å². The van der Waals surface area contributed by atoms with E-state index in [1.807, 2.05) is 18.3 Å². The highest BCUT2D eigenvalue weighted by Crippen LogP contribution is 2.24. The lowest BCUT2D eigenvalue weighted by molar-refractivity contribution is 0.337. The fraction of sp³-hybridized carbons (Fsp3) is 0.647.